The maximum Gasteiger partial charge on any atom is 0.341 e. The maximum atomic E-state index is 12.9. The molecule has 0 bridgehead atoms. The minimum atomic E-state index is -2.23. The number of hydrogen-bond donors (Lipinski definition) is 2. The first kappa shape index (κ1) is 23.5. The molecule has 1 aromatic carbocycles. The maximum absolute atomic E-state index is 12.9. The Morgan fingerprint density at radius 3 is 2.31 bits per heavy atom. The molecule has 0 aliphatic rings. The van der Waals surface area contributed by atoms with E-state index >= 15 is 0 Å². The first-order chi connectivity index (χ1) is 13.5. The second-order valence-corrected chi connectivity index (χ2v) is 9.51. The average Bonchev–Trinajstić information content (AvgIpc) is 2.93. The Bertz CT molecular complexity index is 967. The highest BCUT2D eigenvalue weighted by atomic mass is 35.6. The van der Waals surface area contributed by atoms with Crippen LogP contribution in [0.2, 0.25) is 0 Å². The number of anilines is 2. The molecular formula is C19H19Cl3N2O4S. The van der Waals surface area contributed by atoms with Gasteiger partial charge in [0.15, 0.2) is 0 Å². The second kappa shape index (κ2) is 9.34. The molecule has 0 atom stereocenters. The highest BCUT2D eigenvalue weighted by molar-refractivity contribution is 7.19. The Labute approximate surface area is 187 Å². The van der Waals surface area contributed by atoms with Crippen molar-refractivity contribution >= 4 is 74.6 Å². The molecular weight excluding hydrogens is 459 g/mol. The zero-order valence-electron chi connectivity index (χ0n) is 16.1. The monoisotopic (exact) mass is 476 g/mol. The van der Waals surface area contributed by atoms with E-state index in [1.54, 1.807) is 19.9 Å². The van der Waals surface area contributed by atoms with Gasteiger partial charge in [0.1, 0.15) is 5.00 Å². The summed E-state index contributed by atoms with van der Waals surface area (Å²) in [6.07, 6.45) is 0. The third-order valence-corrected chi connectivity index (χ3v) is 5.67. The third kappa shape index (κ3) is 5.63. The number of carbonyl (C=O) groups is 3. The van der Waals surface area contributed by atoms with Crippen LogP contribution in [-0.2, 0) is 9.53 Å². The minimum Gasteiger partial charge on any atom is -0.462 e. The predicted molar refractivity (Wildman–Crippen MR) is 118 cm³/mol. The number of hydrogen-bond acceptors (Lipinski definition) is 5. The van der Waals surface area contributed by atoms with E-state index in [1.165, 1.54) is 0 Å². The number of esters is 1. The molecule has 0 radical (unpaired) electrons. The molecule has 0 aliphatic heterocycles. The summed E-state index contributed by atoms with van der Waals surface area (Å²) < 4.78 is 2.82. The fourth-order valence-electron chi connectivity index (χ4n) is 2.57. The molecule has 2 amide bonds. The number of ether oxygens (including phenoxy) is 1. The SMILES string of the molecule is CCOC(=O)c1c(NC(=O)C(Cl)(Cl)Cl)sc(C(=O)Nc2ccc(C)cc2C)c1C. The molecule has 0 saturated heterocycles. The van der Waals surface area contributed by atoms with Crippen LogP contribution in [0.4, 0.5) is 10.7 Å². The Balaban J connectivity index is 2.43. The van der Waals surface area contributed by atoms with Crippen molar-refractivity contribution in [2.24, 2.45) is 0 Å². The van der Waals surface area contributed by atoms with E-state index in [-0.39, 0.29) is 22.0 Å². The Kier molecular flexibility index (Phi) is 7.56. The summed E-state index contributed by atoms with van der Waals surface area (Å²) in [4.78, 5) is 37.6. The van der Waals surface area contributed by atoms with Crippen molar-refractivity contribution in [3.63, 3.8) is 0 Å². The van der Waals surface area contributed by atoms with Gasteiger partial charge in [-0.3, -0.25) is 9.59 Å². The van der Waals surface area contributed by atoms with E-state index in [1.807, 2.05) is 26.0 Å². The van der Waals surface area contributed by atoms with Crippen LogP contribution in [0.25, 0.3) is 0 Å². The van der Waals surface area contributed by atoms with Gasteiger partial charge in [-0.15, -0.1) is 11.3 Å². The molecule has 2 N–H and O–H groups in total. The van der Waals surface area contributed by atoms with E-state index in [0.29, 0.717) is 11.3 Å². The van der Waals surface area contributed by atoms with Gasteiger partial charge in [-0.05, 0) is 44.9 Å². The van der Waals surface area contributed by atoms with Gasteiger partial charge in [0.2, 0.25) is 0 Å². The van der Waals surface area contributed by atoms with Gasteiger partial charge in [0.25, 0.3) is 15.6 Å². The van der Waals surface area contributed by atoms with Gasteiger partial charge in [0.05, 0.1) is 17.0 Å². The summed E-state index contributed by atoms with van der Waals surface area (Å²) in [5, 5.41) is 5.28. The number of carbonyl (C=O) groups excluding carboxylic acids is 3. The lowest BCUT2D eigenvalue weighted by Crippen LogP contribution is -2.27. The van der Waals surface area contributed by atoms with E-state index < -0.39 is 21.6 Å². The van der Waals surface area contributed by atoms with Crippen molar-refractivity contribution < 1.29 is 19.1 Å². The van der Waals surface area contributed by atoms with Gasteiger partial charge in [-0.1, -0.05) is 52.5 Å². The molecule has 1 heterocycles. The first-order valence-corrected chi connectivity index (χ1v) is 10.5. The number of nitrogens with one attached hydrogen (secondary N) is 2. The molecule has 0 saturated carbocycles. The van der Waals surface area contributed by atoms with Crippen molar-refractivity contribution in [2.45, 2.75) is 31.5 Å². The van der Waals surface area contributed by atoms with Crippen molar-refractivity contribution in [1.29, 1.82) is 0 Å². The van der Waals surface area contributed by atoms with Gasteiger partial charge < -0.3 is 15.4 Å². The molecule has 2 aromatic rings. The van der Waals surface area contributed by atoms with Gasteiger partial charge in [0, 0.05) is 5.69 Å². The molecule has 1 aromatic heterocycles. The fourth-order valence-corrected chi connectivity index (χ4v) is 3.80. The largest absolute Gasteiger partial charge is 0.462 e. The van der Waals surface area contributed by atoms with E-state index in [9.17, 15) is 14.4 Å². The lowest BCUT2D eigenvalue weighted by molar-refractivity contribution is -0.115. The third-order valence-electron chi connectivity index (χ3n) is 3.95. The van der Waals surface area contributed by atoms with Crippen molar-refractivity contribution in [3.05, 3.63) is 45.3 Å². The number of alkyl halides is 3. The molecule has 156 valence electrons. The molecule has 6 nitrogen and oxygen atoms in total. The lowest BCUT2D eigenvalue weighted by atomic mass is 10.1. The quantitative estimate of drug-likeness (QED) is 0.445. The second-order valence-electron chi connectivity index (χ2n) is 6.21. The van der Waals surface area contributed by atoms with E-state index in [4.69, 9.17) is 39.5 Å². The van der Waals surface area contributed by atoms with Gasteiger partial charge in [-0.2, -0.15) is 0 Å². The lowest BCUT2D eigenvalue weighted by Gasteiger charge is -2.11. The zero-order valence-corrected chi connectivity index (χ0v) is 19.2. The van der Waals surface area contributed by atoms with Crippen LogP contribution < -0.4 is 10.6 Å². The number of aryl methyl sites for hydroxylation is 2. The molecule has 0 fully saturated rings. The number of rotatable bonds is 5. The van der Waals surface area contributed by atoms with Crippen LogP contribution in [-0.4, -0.2) is 28.2 Å². The van der Waals surface area contributed by atoms with Crippen LogP contribution in [0, 0.1) is 20.8 Å². The topological polar surface area (TPSA) is 84.5 Å². The summed E-state index contributed by atoms with van der Waals surface area (Å²) in [5.41, 5.74) is 3.00. The number of thiophene rings is 1. The summed E-state index contributed by atoms with van der Waals surface area (Å²) >= 11 is 17.7. The van der Waals surface area contributed by atoms with Crippen molar-refractivity contribution in [1.82, 2.24) is 0 Å². The smallest absolute Gasteiger partial charge is 0.341 e. The van der Waals surface area contributed by atoms with E-state index in [2.05, 4.69) is 10.6 Å². The van der Waals surface area contributed by atoms with Gasteiger partial charge >= 0.3 is 5.97 Å². The molecule has 29 heavy (non-hydrogen) atoms. The summed E-state index contributed by atoms with van der Waals surface area (Å²) in [7, 11) is 0. The Morgan fingerprint density at radius 1 is 1.10 bits per heavy atom. The van der Waals surface area contributed by atoms with Crippen LogP contribution in [0.5, 0.6) is 0 Å². The molecule has 2 rings (SSSR count). The fraction of sp³-hybridized carbons (Fsp3) is 0.316. The highest BCUT2D eigenvalue weighted by Gasteiger charge is 2.34. The van der Waals surface area contributed by atoms with E-state index in [0.717, 1.165) is 22.5 Å². The predicted octanol–water partition coefficient (Wildman–Crippen LogP) is 5.41. The first-order valence-electron chi connectivity index (χ1n) is 8.53. The number of halogens is 3. The summed E-state index contributed by atoms with van der Waals surface area (Å²) in [5.74, 6) is -2.07. The molecule has 0 aliphatic carbocycles. The van der Waals surface area contributed by atoms with Gasteiger partial charge in [-0.25, -0.2) is 4.79 Å². The Hall–Kier alpha value is -1.80. The van der Waals surface area contributed by atoms with Crippen LogP contribution in [0.1, 0.15) is 43.6 Å². The average molecular weight is 478 g/mol. The van der Waals surface area contributed by atoms with Crippen molar-refractivity contribution in [3.8, 4) is 0 Å². The summed E-state index contributed by atoms with van der Waals surface area (Å²) in [6.45, 7) is 7.18. The van der Waals surface area contributed by atoms with Crippen molar-refractivity contribution in [2.75, 3.05) is 17.2 Å². The highest BCUT2D eigenvalue weighted by Crippen LogP contribution is 2.36. The number of benzene rings is 1. The minimum absolute atomic E-state index is 0.0465. The standard InChI is InChI=1S/C19H19Cl3N2O4S/c1-5-28-17(26)13-11(4)14(29-16(13)24-18(27)19(20,21)22)15(25)23-12-7-6-9(2)8-10(12)3/h6-8H,5H2,1-4H3,(H,23,25)(H,24,27). The summed E-state index contributed by atoms with van der Waals surface area (Å²) in [6, 6.07) is 5.61. The van der Waals surface area contributed by atoms with Crippen LogP contribution in [0.3, 0.4) is 0 Å². The molecule has 10 heteroatoms. The zero-order chi connectivity index (χ0) is 21.9. The van der Waals surface area contributed by atoms with Crippen LogP contribution >= 0.6 is 46.1 Å². The number of amides is 2. The van der Waals surface area contributed by atoms with Crippen LogP contribution in [0.15, 0.2) is 18.2 Å². The molecule has 0 spiro atoms. The Morgan fingerprint density at radius 2 is 1.76 bits per heavy atom. The normalized spacial score (nSPS) is 11.1. The molecule has 0 unspecified atom stereocenters.